The summed E-state index contributed by atoms with van der Waals surface area (Å²) in [6.45, 7) is 0.554. The van der Waals surface area contributed by atoms with Crippen molar-refractivity contribution in [3.63, 3.8) is 0 Å². The average molecular weight is 269 g/mol. The Balaban J connectivity index is 2.12. The molecule has 0 atom stereocenters. The van der Waals surface area contributed by atoms with Gasteiger partial charge >= 0.3 is 0 Å². The fourth-order valence-corrected chi connectivity index (χ4v) is 1.97. The molecule has 2 aromatic rings. The maximum atomic E-state index is 12.4. The zero-order valence-corrected chi connectivity index (χ0v) is 12.1. The Morgan fingerprint density at radius 1 is 1.15 bits per heavy atom. The van der Waals surface area contributed by atoms with Crippen LogP contribution in [0.1, 0.15) is 15.9 Å². The molecule has 1 amide bonds. The third-order valence-corrected chi connectivity index (χ3v) is 3.10. The van der Waals surface area contributed by atoms with E-state index >= 15 is 0 Å². The van der Waals surface area contributed by atoms with Crippen molar-refractivity contribution in [3.05, 3.63) is 59.9 Å². The molecule has 104 valence electrons. The van der Waals surface area contributed by atoms with Gasteiger partial charge in [-0.05, 0) is 29.8 Å². The average Bonchev–Trinajstić information content (AvgIpc) is 2.47. The maximum absolute atomic E-state index is 12.4. The summed E-state index contributed by atoms with van der Waals surface area (Å²) in [6, 6.07) is 11.5. The lowest BCUT2D eigenvalue weighted by Crippen LogP contribution is -2.26. The molecule has 0 spiro atoms. The molecule has 0 saturated carbocycles. The van der Waals surface area contributed by atoms with E-state index in [0.29, 0.717) is 12.1 Å². The standard InChI is InChI=1S/C16H19N3O/c1-18(2)15-8-4-7-14(10-15)16(20)19(3)12-13-6-5-9-17-11-13/h4-11H,12H2,1-3H3. The van der Waals surface area contributed by atoms with Crippen LogP contribution in [0.5, 0.6) is 0 Å². The molecule has 4 heteroatoms. The van der Waals surface area contributed by atoms with E-state index in [1.165, 1.54) is 0 Å². The molecule has 0 N–H and O–H groups in total. The zero-order chi connectivity index (χ0) is 14.5. The predicted molar refractivity (Wildman–Crippen MR) is 80.8 cm³/mol. The summed E-state index contributed by atoms with van der Waals surface area (Å²) < 4.78 is 0. The van der Waals surface area contributed by atoms with Crippen molar-refractivity contribution >= 4 is 11.6 Å². The first-order valence-electron chi connectivity index (χ1n) is 6.49. The molecular formula is C16H19N3O. The molecule has 4 nitrogen and oxygen atoms in total. The highest BCUT2D eigenvalue weighted by atomic mass is 16.2. The molecule has 0 fully saturated rings. The van der Waals surface area contributed by atoms with E-state index in [1.807, 2.05) is 55.4 Å². The molecule has 0 aliphatic carbocycles. The van der Waals surface area contributed by atoms with Crippen molar-refractivity contribution in [1.29, 1.82) is 0 Å². The Hall–Kier alpha value is -2.36. The van der Waals surface area contributed by atoms with E-state index in [-0.39, 0.29) is 5.91 Å². The van der Waals surface area contributed by atoms with E-state index < -0.39 is 0 Å². The summed E-state index contributed by atoms with van der Waals surface area (Å²) in [5.74, 6) is 0.0116. The lowest BCUT2D eigenvalue weighted by molar-refractivity contribution is 0.0785. The van der Waals surface area contributed by atoms with Crippen LogP contribution >= 0.6 is 0 Å². The molecule has 0 radical (unpaired) electrons. The topological polar surface area (TPSA) is 36.4 Å². The minimum Gasteiger partial charge on any atom is -0.378 e. The summed E-state index contributed by atoms with van der Waals surface area (Å²) in [6.07, 6.45) is 3.51. The zero-order valence-electron chi connectivity index (χ0n) is 12.1. The number of carbonyl (C=O) groups is 1. The van der Waals surface area contributed by atoms with Crippen molar-refractivity contribution in [2.45, 2.75) is 6.54 Å². The van der Waals surface area contributed by atoms with E-state index in [2.05, 4.69) is 4.98 Å². The second-order valence-electron chi connectivity index (χ2n) is 4.97. The van der Waals surface area contributed by atoms with Gasteiger partial charge in [0.05, 0.1) is 0 Å². The minimum absolute atomic E-state index is 0.0116. The van der Waals surface area contributed by atoms with Crippen LogP contribution in [0.25, 0.3) is 0 Å². The second kappa shape index (κ2) is 6.19. The molecule has 1 heterocycles. The number of hydrogen-bond donors (Lipinski definition) is 0. The molecule has 20 heavy (non-hydrogen) atoms. The molecule has 1 aromatic heterocycles. The van der Waals surface area contributed by atoms with Gasteiger partial charge in [-0.1, -0.05) is 12.1 Å². The summed E-state index contributed by atoms with van der Waals surface area (Å²) in [5.41, 5.74) is 2.74. The Morgan fingerprint density at radius 2 is 1.95 bits per heavy atom. The Bertz CT molecular complexity index is 581. The van der Waals surface area contributed by atoms with Crippen LogP contribution in [-0.2, 0) is 6.54 Å². The molecule has 0 unspecified atom stereocenters. The van der Waals surface area contributed by atoms with Crippen molar-refractivity contribution in [3.8, 4) is 0 Å². The van der Waals surface area contributed by atoms with Crippen LogP contribution in [0.15, 0.2) is 48.8 Å². The fraction of sp³-hybridized carbons (Fsp3) is 0.250. The lowest BCUT2D eigenvalue weighted by atomic mass is 10.1. The third-order valence-electron chi connectivity index (χ3n) is 3.10. The number of hydrogen-bond acceptors (Lipinski definition) is 3. The van der Waals surface area contributed by atoms with Gasteiger partial charge < -0.3 is 9.80 Å². The van der Waals surface area contributed by atoms with Crippen molar-refractivity contribution in [1.82, 2.24) is 9.88 Å². The van der Waals surface area contributed by atoms with Crippen LogP contribution in [0.4, 0.5) is 5.69 Å². The molecule has 0 aliphatic heterocycles. The van der Waals surface area contributed by atoms with Gasteiger partial charge in [0.25, 0.3) is 5.91 Å². The van der Waals surface area contributed by atoms with Gasteiger partial charge in [-0.3, -0.25) is 9.78 Å². The normalized spacial score (nSPS) is 10.2. The van der Waals surface area contributed by atoms with E-state index in [1.54, 1.807) is 24.3 Å². The Kier molecular flexibility index (Phi) is 4.35. The summed E-state index contributed by atoms with van der Waals surface area (Å²) >= 11 is 0. The SMILES string of the molecule is CN(Cc1cccnc1)C(=O)c1cccc(N(C)C)c1. The van der Waals surface area contributed by atoms with E-state index in [0.717, 1.165) is 11.3 Å². The number of benzene rings is 1. The van der Waals surface area contributed by atoms with Crippen molar-refractivity contribution in [2.75, 3.05) is 26.0 Å². The highest BCUT2D eigenvalue weighted by Gasteiger charge is 2.12. The predicted octanol–water partition coefficient (Wildman–Crippen LogP) is 2.42. The number of amides is 1. The number of anilines is 1. The summed E-state index contributed by atoms with van der Waals surface area (Å²) in [4.78, 5) is 20.2. The van der Waals surface area contributed by atoms with Gasteiger partial charge in [-0.15, -0.1) is 0 Å². The van der Waals surface area contributed by atoms with Gasteiger partial charge in [0.15, 0.2) is 0 Å². The van der Waals surface area contributed by atoms with Crippen LogP contribution < -0.4 is 4.90 Å². The molecule has 0 bridgehead atoms. The maximum Gasteiger partial charge on any atom is 0.253 e. The second-order valence-corrected chi connectivity index (χ2v) is 4.97. The number of rotatable bonds is 4. The number of pyridine rings is 1. The first kappa shape index (κ1) is 14.1. The Morgan fingerprint density at radius 3 is 2.60 bits per heavy atom. The number of aromatic nitrogens is 1. The van der Waals surface area contributed by atoms with Gasteiger partial charge in [0, 0.05) is 51.3 Å². The third kappa shape index (κ3) is 3.35. The molecular weight excluding hydrogens is 250 g/mol. The summed E-state index contributed by atoms with van der Waals surface area (Å²) in [7, 11) is 5.73. The van der Waals surface area contributed by atoms with Crippen LogP contribution in [0.2, 0.25) is 0 Å². The van der Waals surface area contributed by atoms with Crippen molar-refractivity contribution in [2.24, 2.45) is 0 Å². The lowest BCUT2D eigenvalue weighted by Gasteiger charge is -2.19. The first-order chi connectivity index (χ1) is 9.58. The minimum atomic E-state index is 0.0116. The molecule has 1 aromatic carbocycles. The summed E-state index contributed by atoms with van der Waals surface area (Å²) in [5, 5.41) is 0. The fourth-order valence-electron chi connectivity index (χ4n) is 1.97. The smallest absolute Gasteiger partial charge is 0.253 e. The number of nitrogens with zero attached hydrogens (tertiary/aromatic N) is 3. The molecule has 0 saturated heterocycles. The van der Waals surface area contributed by atoms with Crippen molar-refractivity contribution < 1.29 is 4.79 Å². The highest BCUT2D eigenvalue weighted by Crippen LogP contribution is 2.15. The first-order valence-corrected chi connectivity index (χ1v) is 6.49. The van der Waals surface area contributed by atoms with Gasteiger partial charge in [0.1, 0.15) is 0 Å². The van der Waals surface area contributed by atoms with Crippen LogP contribution in [0, 0.1) is 0 Å². The van der Waals surface area contributed by atoms with E-state index in [4.69, 9.17) is 0 Å². The quantitative estimate of drug-likeness (QED) is 0.855. The highest BCUT2D eigenvalue weighted by molar-refractivity contribution is 5.95. The molecule has 2 rings (SSSR count). The molecule has 0 aliphatic rings. The Labute approximate surface area is 119 Å². The van der Waals surface area contributed by atoms with Gasteiger partial charge in [-0.2, -0.15) is 0 Å². The van der Waals surface area contributed by atoms with Crippen LogP contribution in [-0.4, -0.2) is 36.9 Å². The largest absolute Gasteiger partial charge is 0.378 e. The van der Waals surface area contributed by atoms with Gasteiger partial charge in [-0.25, -0.2) is 0 Å². The monoisotopic (exact) mass is 269 g/mol. The van der Waals surface area contributed by atoms with Crippen LogP contribution in [0.3, 0.4) is 0 Å². The number of carbonyl (C=O) groups excluding carboxylic acids is 1. The van der Waals surface area contributed by atoms with E-state index in [9.17, 15) is 4.79 Å². The van der Waals surface area contributed by atoms with Gasteiger partial charge in [0.2, 0.25) is 0 Å².